The summed E-state index contributed by atoms with van der Waals surface area (Å²) >= 11 is 0. The summed E-state index contributed by atoms with van der Waals surface area (Å²) in [4.78, 5) is 16.6. The molecule has 2 heterocycles. The van der Waals surface area contributed by atoms with Crippen LogP contribution in [0.1, 0.15) is 128 Å². The van der Waals surface area contributed by atoms with E-state index in [1.807, 2.05) is 40.0 Å². The number of hydrogen-bond donors (Lipinski definition) is 1. The Morgan fingerprint density at radius 1 is 0.837 bits per heavy atom. The van der Waals surface area contributed by atoms with Crippen molar-refractivity contribution in [3.8, 4) is 11.3 Å². The molecule has 0 saturated heterocycles. The van der Waals surface area contributed by atoms with Crippen LogP contribution in [0.3, 0.4) is 0 Å². The molecule has 1 radical (unpaired) electrons. The number of carbonyl (C=O) groups is 1. The van der Waals surface area contributed by atoms with Crippen LogP contribution in [0.4, 0.5) is 0 Å². The minimum Gasteiger partial charge on any atom is -0.512 e. The minimum absolute atomic E-state index is 0. The van der Waals surface area contributed by atoms with Crippen LogP contribution >= 0.6 is 0 Å². The zero-order chi connectivity index (χ0) is 33.6. The van der Waals surface area contributed by atoms with Crippen molar-refractivity contribution >= 4 is 38.5 Å². The molecule has 5 aromatic rings. The van der Waals surface area contributed by atoms with Gasteiger partial charge >= 0.3 is 0 Å². The van der Waals surface area contributed by atoms with Gasteiger partial charge in [0.15, 0.2) is 5.78 Å². The van der Waals surface area contributed by atoms with Gasteiger partial charge in [0.05, 0.1) is 11.3 Å². The van der Waals surface area contributed by atoms with Gasteiger partial charge in [-0.2, -0.15) is 0 Å². The van der Waals surface area contributed by atoms with Crippen molar-refractivity contribution in [2.45, 2.75) is 117 Å². The second-order valence-electron chi connectivity index (χ2n) is 14.0. The summed E-state index contributed by atoms with van der Waals surface area (Å²) in [6, 6.07) is 23.7. The average Bonchev–Trinajstić information content (AvgIpc) is 3.91. The zero-order valence-electron chi connectivity index (χ0n) is 29.7. The van der Waals surface area contributed by atoms with E-state index in [2.05, 4.69) is 54.6 Å². The molecular formula is C44H52IrNO3-. The third-order valence-electron chi connectivity index (χ3n) is 11.2. The third kappa shape index (κ3) is 8.05. The first-order valence-corrected chi connectivity index (χ1v) is 18.7. The standard InChI is InChI=1S/C31H28NO.C13H24O2.Ir/c1-2-8-20(7-1)22-13-14-25-23(17-22)15-16-32-30(25)28-19-24(21-9-3-4-10-21)18-27-26-11-5-6-12-29(26)33-31(27)28;1-5-10(6-2)12(14)9-13(15)11(7-3)8-4;/h5-6,11-18,20-21H,1-4,7-10H2;9-11,14H,5-8H2,1-4H3;/q-1;;/b;12-9-;. The van der Waals surface area contributed by atoms with Gasteiger partial charge in [-0.05, 0) is 97.4 Å². The first-order chi connectivity index (χ1) is 23.4. The van der Waals surface area contributed by atoms with Gasteiger partial charge in [0.25, 0.3) is 0 Å². The fourth-order valence-electron chi connectivity index (χ4n) is 8.10. The number of ketones is 1. The molecule has 5 heteroatoms. The molecule has 49 heavy (non-hydrogen) atoms. The molecule has 3 aromatic carbocycles. The van der Waals surface area contributed by atoms with E-state index in [4.69, 9.17) is 9.40 Å². The predicted octanol–water partition coefficient (Wildman–Crippen LogP) is 12.8. The Bertz CT molecular complexity index is 1890. The maximum atomic E-state index is 11.7. The van der Waals surface area contributed by atoms with E-state index in [0.29, 0.717) is 11.8 Å². The van der Waals surface area contributed by atoms with Gasteiger partial charge in [0, 0.05) is 49.6 Å². The molecule has 2 aromatic heterocycles. The van der Waals surface area contributed by atoms with Crippen molar-refractivity contribution in [1.82, 2.24) is 4.98 Å². The summed E-state index contributed by atoms with van der Waals surface area (Å²) in [6.07, 6.45) is 17.4. The molecule has 0 spiro atoms. The van der Waals surface area contributed by atoms with Crippen molar-refractivity contribution in [1.29, 1.82) is 0 Å². The molecule has 0 atom stereocenters. The molecule has 2 aliphatic carbocycles. The van der Waals surface area contributed by atoms with Gasteiger partial charge in [-0.1, -0.05) is 101 Å². The number of allylic oxidation sites excluding steroid dienone is 2. The molecule has 2 saturated carbocycles. The number of aliphatic hydroxyl groups is 1. The van der Waals surface area contributed by atoms with Crippen LogP contribution in [-0.4, -0.2) is 15.9 Å². The molecule has 261 valence electrons. The molecule has 1 N–H and O–H groups in total. The summed E-state index contributed by atoms with van der Waals surface area (Å²) in [6.45, 7) is 8.07. The molecule has 4 nitrogen and oxygen atoms in total. The second-order valence-corrected chi connectivity index (χ2v) is 14.0. The maximum Gasteiger partial charge on any atom is 0.162 e. The summed E-state index contributed by atoms with van der Waals surface area (Å²) < 4.78 is 6.44. The number of carbonyl (C=O) groups excluding carboxylic acids is 1. The Morgan fingerprint density at radius 3 is 2.16 bits per heavy atom. The number of nitrogens with zero attached hydrogens (tertiary/aromatic N) is 1. The fraction of sp³-hybridized carbons (Fsp3) is 0.455. The van der Waals surface area contributed by atoms with E-state index < -0.39 is 0 Å². The number of furan rings is 1. The van der Waals surface area contributed by atoms with Crippen molar-refractivity contribution in [2.24, 2.45) is 11.8 Å². The normalized spacial score (nSPS) is 15.8. The Hall–Kier alpha value is -3.27. The van der Waals surface area contributed by atoms with E-state index in [-0.39, 0.29) is 43.5 Å². The van der Waals surface area contributed by atoms with Crippen LogP contribution in [0.2, 0.25) is 0 Å². The van der Waals surface area contributed by atoms with E-state index in [9.17, 15) is 9.90 Å². The number of fused-ring (bicyclic) bond motifs is 4. The van der Waals surface area contributed by atoms with Crippen molar-refractivity contribution in [2.75, 3.05) is 0 Å². The van der Waals surface area contributed by atoms with Gasteiger partial charge < -0.3 is 14.5 Å². The summed E-state index contributed by atoms with van der Waals surface area (Å²) in [5.74, 6) is 1.85. The molecule has 2 fully saturated rings. The Labute approximate surface area is 306 Å². The third-order valence-corrected chi connectivity index (χ3v) is 11.2. The fourth-order valence-corrected chi connectivity index (χ4v) is 8.10. The Balaban J connectivity index is 0.000000252. The molecule has 0 bridgehead atoms. The van der Waals surface area contributed by atoms with Crippen LogP contribution in [0.5, 0.6) is 0 Å². The second kappa shape index (κ2) is 17.1. The Morgan fingerprint density at radius 2 is 1.49 bits per heavy atom. The number of rotatable bonds is 10. The quantitative estimate of drug-likeness (QED) is 0.0865. The molecule has 0 aliphatic heterocycles. The van der Waals surface area contributed by atoms with E-state index >= 15 is 0 Å². The van der Waals surface area contributed by atoms with Crippen LogP contribution in [0.15, 0.2) is 77.0 Å². The van der Waals surface area contributed by atoms with E-state index in [0.717, 1.165) is 48.1 Å². The largest absolute Gasteiger partial charge is 0.512 e. The summed E-state index contributed by atoms with van der Waals surface area (Å²) in [5, 5.41) is 14.6. The SMILES string of the molecule is CCC(CC)C(=O)/C=C(\O)C(CC)CC.[Ir].[c-]1c(C2CCCC2)cc2c(oc3ccccc32)c1-c1nccc2cc(C3CCCC3)ccc12. The summed E-state index contributed by atoms with van der Waals surface area (Å²) in [5.41, 5.74) is 6.67. The van der Waals surface area contributed by atoms with Gasteiger partial charge in [-0.15, -0.1) is 17.7 Å². The first kappa shape index (κ1) is 37.0. The monoisotopic (exact) mass is 835 g/mol. The molecule has 0 unspecified atom stereocenters. The summed E-state index contributed by atoms with van der Waals surface area (Å²) in [7, 11) is 0. The minimum atomic E-state index is 0. The van der Waals surface area contributed by atoms with Gasteiger partial charge in [0.1, 0.15) is 5.58 Å². The van der Waals surface area contributed by atoms with E-state index in [1.54, 1.807) is 0 Å². The van der Waals surface area contributed by atoms with Crippen molar-refractivity contribution in [3.63, 3.8) is 0 Å². The van der Waals surface area contributed by atoms with Crippen LogP contribution < -0.4 is 0 Å². The number of para-hydroxylation sites is 1. The van der Waals surface area contributed by atoms with Gasteiger partial charge in [0.2, 0.25) is 0 Å². The van der Waals surface area contributed by atoms with Crippen LogP contribution in [-0.2, 0) is 24.9 Å². The number of pyridine rings is 1. The first-order valence-electron chi connectivity index (χ1n) is 18.7. The van der Waals surface area contributed by atoms with Crippen LogP contribution in [0.25, 0.3) is 44.0 Å². The number of hydrogen-bond acceptors (Lipinski definition) is 4. The van der Waals surface area contributed by atoms with E-state index in [1.165, 1.54) is 90.1 Å². The van der Waals surface area contributed by atoms with Crippen LogP contribution in [0, 0.1) is 17.9 Å². The number of aliphatic hydroxyl groups excluding tert-OH is 1. The zero-order valence-corrected chi connectivity index (χ0v) is 32.1. The average molecular weight is 835 g/mol. The molecule has 0 amide bonds. The van der Waals surface area contributed by atoms with Gasteiger partial charge in [-0.25, -0.2) is 0 Å². The topological polar surface area (TPSA) is 63.3 Å². The predicted molar refractivity (Wildman–Crippen MR) is 200 cm³/mol. The number of aromatic nitrogens is 1. The molecular weight excluding hydrogens is 783 g/mol. The Kier molecular flexibility index (Phi) is 12.9. The number of benzene rings is 3. The smallest absolute Gasteiger partial charge is 0.162 e. The van der Waals surface area contributed by atoms with Crippen molar-refractivity contribution in [3.05, 3.63) is 89.8 Å². The molecule has 7 rings (SSSR count). The van der Waals surface area contributed by atoms with Gasteiger partial charge in [-0.3, -0.25) is 4.79 Å². The maximum absolute atomic E-state index is 11.7. The molecule has 2 aliphatic rings. The van der Waals surface area contributed by atoms with Crippen molar-refractivity contribution < 1.29 is 34.4 Å².